The van der Waals surface area contributed by atoms with Crippen molar-refractivity contribution in [3.05, 3.63) is 45.8 Å². The van der Waals surface area contributed by atoms with E-state index in [9.17, 15) is 14.9 Å². The number of aromatic nitrogens is 3. The number of nitro groups is 1. The molecule has 1 N–H and O–H groups in total. The standard InChI is InChI=1S/C14H13N5O3S/c1-3-18-7-10(19(21)22)12(17-18)13(20)16-14-15-9-5-4-8(2)6-11(9)23-14/h4-7H,3H2,1-2H3,(H,15,16,20). The van der Waals surface area contributed by atoms with Crippen LogP contribution in [-0.4, -0.2) is 25.6 Å². The third-order valence-electron chi connectivity index (χ3n) is 3.24. The number of hydrogen-bond acceptors (Lipinski definition) is 6. The first-order chi connectivity index (χ1) is 11.0. The monoisotopic (exact) mass is 331 g/mol. The van der Waals surface area contributed by atoms with E-state index >= 15 is 0 Å². The van der Waals surface area contributed by atoms with Gasteiger partial charge in [0.15, 0.2) is 5.13 Å². The molecule has 0 saturated heterocycles. The fourth-order valence-electron chi connectivity index (χ4n) is 2.11. The minimum Gasteiger partial charge on any atom is -0.296 e. The highest BCUT2D eigenvalue weighted by Crippen LogP contribution is 2.27. The third-order valence-corrected chi connectivity index (χ3v) is 4.18. The van der Waals surface area contributed by atoms with E-state index in [4.69, 9.17) is 0 Å². The summed E-state index contributed by atoms with van der Waals surface area (Å²) in [6.07, 6.45) is 1.25. The maximum Gasteiger partial charge on any atom is 0.320 e. The third kappa shape index (κ3) is 2.90. The van der Waals surface area contributed by atoms with Gasteiger partial charge in [-0.2, -0.15) is 5.10 Å². The number of fused-ring (bicyclic) bond motifs is 1. The number of nitrogens with zero attached hydrogens (tertiary/aromatic N) is 4. The molecule has 1 aromatic carbocycles. The SMILES string of the molecule is CCn1cc([N+](=O)[O-])c(C(=O)Nc2nc3ccc(C)cc3s2)n1. The molecule has 0 aliphatic carbocycles. The van der Waals surface area contributed by atoms with Crippen LogP contribution in [0.25, 0.3) is 10.2 Å². The first kappa shape index (κ1) is 15.1. The van der Waals surface area contributed by atoms with Gasteiger partial charge in [-0.3, -0.25) is 24.9 Å². The molecule has 0 aliphatic heterocycles. The number of amides is 1. The van der Waals surface area contributed by atoms with Gasteiger partial charge in [-0.25, -0.2) is 4.98 Å². The molecule has 2 aromatic heterocycles. The Balaban J connectivity index is 1.91. The van der Waals surface area contributed by atoms with E-state index in [0.29, 0.717) is 11.7 Å². The molecule has 118 valence electrons. The molecule has 0 unspecified atom stereocenters. The van der Waals surface area contributed by atoms with E-state index in [1.165, 1.54) is 22.2 Å². The summed E-state index contributed by atoms with van der Waals surface area (Å²) in [6.45, 7) is 4.20. The fraction of sp³-hybridized carbons (Fsp3) is 0.214. The van der Waals surface area contributed by atoms with Gasteiger partial charge >= 0.3 is 5.69 Å². The fourth-order valence-corrected chi connectivity index (χ4v) is 3.07. The van der Waals surface area contributed by atoms with Crippen LogP contribution in [0, 0.1) is 17.0 Å². The van der Waals surface area contributed by atoms with E-state index < -0.39 is 10.8 Å². The molecule has 0 bridgehead atoms. The number of benzene rings is 1. The first-order valence-corrected chi connectivity index (χ1v) is 7.70. The van der Waals surface area contributed by atoms with Crippen molar-refractivity contribution in [3.63, 3.8) is 0 Å². The number of carbonyl (C=O) groups is 1. The van der Waals surface area contributed by atoms with Gasteiger partial charge < -0.3 is 0 Å². The smallest absolute Gasteiger partial charge is 0.296 e. The van der Waals surface area contributed by atoms with Crippen LogP contribution in [0.5, 0.6) is 0 Å². The van der Waals surface area contributed by atoms with Gasteiger partial charge in [-0.05, 0) is 31.5 Å². The van der Waals surface area contributed by atoms with Gasteiger partial charge in [0.1, 0.15) is 6.20 Å². The van der Waals surface area contributed by atoms with Crippen molar-refractivity contribution >= 4 is 38.3 Å². The number of hydrogen-bond donors (Lipinski definition) is 1. The van der Waals surface area contributed by atoms with Crippen molar-refractivity contribution in [2.75, 3.05) is 5.32 Å². The van der Waals surface area contributed by atoms with Crippen LogP contribution in [-0.2, 0) is 6.54 Å². The molecule has 0 radical (unpaired) electrons. The highest BCUT2D eigenvalue weighted by Gasteiger charge is 2.26. The Kier molecular flexibility index (Phi) is 3.78. The zero-order valence-electron chi connectivity index (χ0n) is 12.4. The summed E-state index contributed by atoms with van der Waals surface area (Å²) in [5.74, 6) is -0.639. The number of anilines is 1. The van der Waals surface area contributed by atoms with Crippen LogP contribution in [0.2, 0.25) is 0 Å². The molecule has 2 heterocycles. The molecular weight excluding hydrogens is 318 g/mol. The van der Waals surface area contributed by atoms with E-state index in [1.807, 2.05) is 25.1 Å². The molecule has 3 aromatic rings. The van der Waals surface area contributed by atoms with Crippen molar-refractivity contribution in [3.8, 4) is 0 Å². The van der Waals surface area contributed by atoms with E-state index in [-0.39, 0.29) is 11.4 Å². The summed E-state index contributed by atoms with van der Waals surface area (Å²) < 4.78 is 2.29. The Morgan fingerprint density at radius 1 is 1.48 bits per heavy atom. The van der Waals surface area contributed by atoms with Crippen molar-refractivity contribution < 1.29 is 9.72 Å². The molecule has 0 fully saturated rings. The highest BCUT2D eigenvalue weighted by atomic mass is 32.1. The largest absolute Gasteiger partial charge is 0.320 e. The van der Waals surface area contributed by atoms with Crippen molar-refractivity contribution in [2.45, 2.75) is 20.4 Å². The van der Waals surface area contributed by atoms with Gasteiger partial charge in [-0.1, -0.05) is 17.4 Å². The topological polar surface area (TPSA) is 103 Å². The zero-order valence-corrected chi connectivity index (χ0v) is 13.3. The van der Waals surface area contributed by atoms with Gasteiger partial charge in [0.05, 0.1) is 15.1 Å². The number of carbonyl (C=O) groups excluding carboxylic acids is 1. The van der Waals surface area contributed by atoms with E-state index in [0.717, 1.165) is 15.8 Å². The van der Waals surface area contributed by atoms with Crippen LogP contribution in [0.15, 0.2) is 24.4 Å². The number of nitrogens with one attached hydrogen (secondary N) is 1. The Bertz CT molecular complexity index is 914. The second kappa shape index (κ2) is 5.76. The number of thiazole rings is 1. The van der Waals surface area contributed by atoms with Crippen molar-refractivity contribution in [2.24, 2.45) is 0 Å². The summed E-state index contributed by atoms with van der Waals surface area (Å²) in [5.41, 5.74) is 1.33. The number of aryl methyl sites for hydroxylation is 2. The number of rotatable bonds is 4. The van der Waals surface area contributed by atoms with Crippen LogP contribution < -0.4 is 5.32 Å². The molecule has 0 aliphatic rings. The summed E-state index contributed by atoms with van der Waals surface area (Å²) >= 11 is 1.31. The second-order valence-electron chi connectivity index (χ2n) is 4.92. The Morgan fingerprint density at radius 2 is 2.26 bits per heavy atom. The Hall–Kier alpha value is -2.81. The molecular formula is C14H13N5O3S. The van der Waals surface area contributed by atoms with Gasteiger partial charge in [0.2, 0.25) is 5.69 Å². The Morgan fingerprint density at radius 3 is 2.96 bits per heavy atom. The summed E-state index contributed by atoms with van der Waals surface area (Å²) in [7, 11) is 0. The summed E-state index contributed by atoms with van der Waals surface area (Å²) in [4.78, 5) is 27.0. The normalized spacial score (nSPS) is 10.9. The minimum absolute atomic E-state index is 0.215. The summed E-state index contributed by atoms with van der Waals surface area (Å²) in [5, 5.41) is 18.0. The van der Waals surface area contributed by atoms with Crippen LogP contribution >= 0.6 is 11.3 Å². The quantitative estimate of drug-likeness (QED) is 0.585. The average molecular weight is 331 g/mol. The van der Waals surface area contributed by atoms with Crippen LogP contribution in [0.1, 0.15) is 23.0 Å². The lowest BCUT2D eigenvalue weighted by molar-refractivity contribution is -0.385. The predicted octanol–water partition coefficient (Wildman–Crippen LogP) is 2.98. The van der Waals surface area contributed by atoms with Gasteiger partial charge in [-0.15, -0.1) is 0 Å². The molecule has 1 amide bonds. The van der Waals surface area contributed by atoms with Gasteiger partial charge in [0.25, 0.3) is 5.91 Å². The molecule has 23 heavy (non-hydrogen) atoms. The predicted molar refractivity (Wildman–Crippen MR) is 86.9 cm³/mol. The lowest BCUT2D eigenvalue weighted by Gasteiger charge is -1.97. The molecule has 0 saturated carbocycles. The van der Waals surface area contributed by atoms with Gasteiger partial charge in [0, 0.05) is 6.54 Å². The van der Waals surface area contributed by atoms with Crippen molar-refractivity contribution in [1.29, 1.82) is 0 Å². The molecule has 0 spiro atoms. The molecule has 3 rings (SSSR count). The summed E-state index contributed by atoms with van der Waals surface area (Å²) in [6, 6.07) is 5.77. The van der Waals surface area contributed by atoms with Crippen molar-refractivity contribution in [1.82, 2.24) is 14.8 Å². The molecule has 8 nitrogen and oxygen atoms in total. The highest BCUT2D eigenvalue weighted by molar-refractivity contribution is 7.22. The lowest BCUT2D eigenvalue weighted by Crippen LogP contribution is -2.14. The van der Waals surface area contributed by atoms with Crippen LogP contribution in [0.3, 0.4) is 0 Å². The molecule has 0 atom stereocenters. The first-order valence-electron chi connectivity index (χ1n) is 6.88. The lowest BCUT2D eigenvalue weighted by atomic mass is 10.2. The molecule has 9 heteroatoms. The van der Waals surface area contributed by atoms with E-state index in [2.05, 4.69) is 15.4 Å². The zero-order chi connectivity index (χ0) is 16.6. The Labute approximate surface area is 134 Å². The maximum absolute atomic E-state index is 12.3. The minimum atomic E-state index is -0.639. The average Bonchev–Trinajstić information content (AvgIpc) is 3.09. The van der Waals surface area contributed by atoms with E-state index in [1.54, 1.807) is 6.92 Å². The maximum atomic E-state index is 12.3. The second-order valence-corrected chi connectivity index (χ2v) is 5.95. The van der Waals surface area contributed by atoms with Crippen LogP contribution in [0.4, 0.5) is 10.8 Å².